The second kappa shape index (κ2) is 5.28. The molecule has 1 fully saturated rings. The summed E-state index contributed by atoms with van der Waals surface area (Å²) in [5, 5.41) is 0. The first-order valence-electron chi connectivity index (χ1n) is 8.80. The number of hydrogen-bond acceptors (Lipinski definition) is 3. The predicted octanol–water partition coefficient (Wildman–Crippen LogP) is 4.53. The summed E-state index contributed by atoms with van der Waals surface area (Å²) in [4.78, 5) is 9.87. The van der Waals surface area contributed by atoms with E-state index in [1.165, 1.54) is 54.4 Å². The average Bonchev–Trinajstić information content (AvgIpc) is 3.11. The quantitative estimate of drug-likeness (QED) is 0.494. The van der Waals surface area contributed by atoms with Gasteiger partial charge in [0.1, 0.15) is 11.4 Å². The maximum absolute atomic E-state index is 5.38. The molecule has 3 aliphatic rings. The Morgan fingerprint density at radius 1 is 1.00 bits per heavy atom. The number of aliphatic imine (C=N–C) groups is 1. The number of rotatable bonds is 0. The van der Waals surface area contributed by atoms with Crippen molar-refractivity contribution < 1.29 is 0 Å². The SMILES string of the molecule is INC1=NC2(c3ccccc3CC23CCCCC3)c2cnccc21. The Bertz CT molecular complexity index is 838. The van der Waals surface area contributed by atoms with E-state index in [4.69, 9.17) is 4.99 Å². The van der Waals surface area contributed by atoms with Crippen molar-refractivity contribution in [1.82, 2.24) is 8.51 Å². The highest BCUT2D eigenvalue weighted by Gasteiger charge is 2.61. The van der Waals surface area contributed by atoms with Crippen LogP contribution < -0.4 is 3.53 Å². The van der Waals surface area contributed by atoms with E-state index in [1.54, 1.807) is 0 Å². The molecule has 122 valence electrons. The van der Waals surface area contributed by atoms with Crippen LogP contribution in [-0.4, -0.2) is 10.8 Å². The van der Waals surface area contributed by atoms with Crippen LogP contribution in [0.15, 0.2) is 47.7 Å². The number of nitrogens with one attached hydrogen (secondary N) is 1. The van der Waals surface area contributed by atoms with Crippen molar-refractivity contribution in [1.29, 1.82) is 0 Å². The van der Waals surface area contributed by atoms with E-state index in [0.29, 0.717) is 0 Å². The third-order valence-corrected chi connectivity index (χ3v) is 6.86. The highest BCUT2D eigenvalue weighted by molar-refractivity contribution is 14.1. The molecule has 5 rings (SSSR count). The van der Waals surface area contributed by atoms with Crippen LogP contribution in [0.4, 0.5) is 0 Å². The van der Waals surface area contributed by atoms with Crippen molar-refractivity contribution >= 4 is 28.7 Å². The molecule has 1 N–H and O–H groups in total. The highest BCUT2D eigenvalue weighted by atomic mass is 127. The normalized spacial score (nSPS) is 26.3. The zero-order chi connectivity index (χ0) is 16.2. The lowest BCUT2D eigenvalue weighted by Gasteiger charge is -2.45. The fraction of sp³-hybridized carbons (Fsp3) is 0.400. The van der Waals surface area contributed by atoms with Crippen molar-refractivity contribution in [3.63, 3.8) is 0 Å². The molecule has 1 atom stereocenters. The van der Waals surface area contributed by atoms with Crippen LogP contribution >= 0.6 is 22.9 Å². The van der Waals surface area contributed by atoms with Gasteiger partial charge in [0.25, 0.3) is 0 Å². The number of fused-ring (bicyclic) bond motifs is 5. The monoisotopic (exact) mass is 429 g/mol. The fourth-order valence-electron chi connectivity index (χ4n) is 5.43. The molecule has 0 amide bonds. The van der Waals surface area contributed by atoms with Gasteiger partial charge in [0.05, 0.1) is 22.9 Å². The van der Waals surface area contributed by atoms with E-state index in [1.807, 2.05) is 6.20 Å². The molecule has 1 aromatic carbocycles. The first-order chi connectivity index (χ1) is 11.8. The van der Waals surface area contributed by atoms with Gasteiger partial charge in [-0.3, -0.25) is 9.98 Å². The molecule has 2 aliphatic carbocycles. The summed E-state index contributed by atoms with van der Waals surface area (Å²) >= 11 is 2.21. The molecule has 3 nitrogen and oxygen atoms in total. The number of benzene rings is 1. The number of amidine groups is 1. The van der Waals surface area contributed by atoms with Gasteiger partial charge in [-0.05, 0) is 36.5 Å². The van der Waals surface area contributed by atoms with Gasteiger partial charge in [0.15, 0.2) is 0 Å². The van der Waals surface area contributed by atoms with Crippen LogP contribution in [0.3, 0.4) is 0 Å². The zero-order valence-corrected chi connectivity index (χ0v) is 15.7. The maximum atomic E-state index is 5.38. The Labute approximate surface area is 156 Å². The lowest BCUT2D eigenvalue weighted by atomic mass is 9.60. The molecule has 0 bridgehead atoms. The molecular formula is C20H20IN3. The predicted molar refractivity (Wildman–Crippen MR) is 104 cm³/mol. The molecular weight excluding hydrogens is 409 g/mol. The first kappa shape index (κ1) is 14.9. The van der Waals surface area contributed by atoms with E-state index in [0.717, 1.165) is 12.3 Å². The first-order valence-corrected chi connectivity index (χ1v) is 9.88. The second-order valence-corrected chi connectivity index (χ2v) is 7.90. The molecule has 1 saturated carbocycles. The van der Waals surface area contributed by atoms with Crippen LogP contribution in [0, 0.1) is 5.41 Å². The number of nitrogens with zero attached hydrogens (tertiary/aromatic N) is 2. The molecule has 4 heteroatoms. The Morgan fingerprint density at radius 2 is 1.83 bits per heavy atom. The summed E-state index contributed by atoms with van der Waals surface area (Å²) in [6.07, 6.45) is 11.6. The van der Waals surface area contributed by atoms with Crippen molar-refractivity contribution in [2.24, 2.45) is 10.4 Å². The molecule has 1 aromatic heterocycles. The van der Waals surface area contributed by atoms with Gasteiger partial charge in [-0.25, -0.2) is 0 Å². The van der Waals surface area contributed by atoms with Crippen molar-refractivity contribution in [2.75, 3.05) is 0 Å². The van der Waals surface area contributed by atoms with Gasteiger partial charge in [0.2, 0.25) is 0 Å². The Hall–Kier alpha value is -1.43. The van der Waals surface area contributed by atoms with Crippen molar-refractivity contribution in [3.8, 4) is 0 Å². The molecule has 0 radical (unpaired) electrons. The molecule has 2 spiro atoms. The highest BCUT2D eigenvalue weighted by Crippen LogP contribution is 2.64. The second-order valence-electron chi connectivity index (χ2n) is 7.36. The minimum Gasteiger partial charge on any atom is -0.313 e. The van der Waals surface area contributed by atoms with Gasteiger partial charge < -0.3 is 3.53 Å². The Balaban J connectivity index is 1.85. The molecule has 1 aliphatic heterocycles. The standard InChI is InChI=1S/C20H20IN3/c21-24-18-15-8-11-22-13-17(15)20(23-18)16-7-3-2-6-14(16)12-19(20)9-4-1-5-10-19/h2-3,6-8,11,13H,1,4-5,9-10,12H2,(H,23,24). The lowest BCUT2D eigenvalue weighted by Crippen LogP contribution is -2.43. The number of halogens is 1. The molecule has 2 aromatic rings. The third kappa shape index (κ3) is 1.73. The summed E-state index contributed by atoms with van der Waals surface area (Å²) < 4.78 is 3.32. The van der Waals surface area contributed by atoms with E-state index >= 15 is 0 Å². The molecule has 2 heterocycles. The van der Waals surface area contributed by atoms with Crippen LogP contribution in [0.2, 0.25) is 0 Å². The molecule has 24 heavy (non-hydrogen) atoms. The summed E-state index contributed by atoms with van der Waals surface area (Å²) in [6, 6.07) is 11.1. The van der Waals surface area contributed by atoms with Crippen molar-refractivity contribution in [3.05, 3.63) is 65.0 Å². The van der Waals surface area contributed by atoms with Crippen LogP contribution in [0.5, 0.6) is 0 Å². The zero-order valence-electron chi connectivity index (χ0n) is 13.6. The molecule has 1 unspecified atom stereocenters. The summed E-state index contributed by atoms with van der Waals surface area (Å²) in [5.74, 6) is 1.01. The van der Waals surface area contributed by atoms with E-state index < -0.39 is 0 Å². The Kier molecular flexibility index (Phi) is 3.27. The Morgan fingerprint density at radius 3 is 2.67 bits per heavy atom. The van der Waals surface area contributed by atoms with Gasteiger partial charge in [-0.1, -0.05) is 43.5 Å². The largest absolute Gasteiger partial charge is 0.313 e. The number of aromatic nitrogens is 1. The van der Waals surface area contributed by atoms with E-state index in [-0.39, 0.29) is 11.0 Å². The number of hydrogen-bond donors (Lipinski definition) is 1. The molecule has 0 saturated heterocycles. The average molecular weight is 429 g/mol. The lowest BCUT2D eigenvalue weighted by molar-refractivity contribution is 0.114. The van der Waals surface area contributed by atoms with Gasteiger partial charge in [0, 0.05) is 28.9 Å². The number of pyridine rings is 1. The summed E-state index contributed by atoms with van der Waals surface area (Å²) in [7, 11) is 0. The fourth-order valence-corrected chi connectivity index (χ4v) is 5.84. The van der Waals surface area contributed by atoms with Gasteiger partial charge in [-0.15, -0.1) is 0 Å². The topological polar surface area (TPSA) is 37.3 Å². The van der Waals surface area contributed by atoms with Crippen LogP contribution in [0.1, 0.15) is 54.4 Å². The minimum atomic E-state index is -0.249. The smallest absolute Gasteiger partial charge is 0.138 e. The van der Waals surface area contributed by atoms with E-state index in [2.05, 4.69) is 67.9 Å². The van der Waals surface area contributed by atoms with Gasteiger partial charge in [-0.2, -0.15) is 0 Å². The van der Waals surface area contributed by atoms with Crippen LogP contribution in [-0.2, 0) is 12.0 Å². The maximum Gasteiger partial charge on any atom is 0.138 e. The minimum absolute atomic E-state index is 0.210. The van der Waals surface area contributed by atoms with E-state index in [9.17, 15) is 0 Å². The third-order valence-electron chi connectivity index (χ3n) is 6.35. The van der Waals surface area contributed by atoms with Crippen LogP contribution in [0.25, 0.3) is 0 Å². The van der Waals surface area contributed by atoms with Crippen molar-refractivity contribution in [2.45, 2.75) is 44.1 Å². The summed E-state index contributed by atoms with van der Waals surface area (Å²) in [5.41, 5.74) is 5.37. The summed E-state index contributed by atoms with van der Waals surface area (Å²) in [6.45, 7) is 0. The van der Waals surface area contributed by atoms with Gasteiger partial charge >= 0.3 is 0 Å².